The molecule has 0 unspecified atom stereocenters. The van der Waals surface area contributed by atoms with Crippen molar-refractivity contribution in [3.05, 3.63) is 12.4 Å². The molecule has 2 saturated heterocycles. The summed E-state index contributed by atoms with van der Waals surface area (Å²) in [7, 11) is 0. The molecular weight excluding hydrogens is 334 g/mol. The van der Waals surface area contributed by atoms with Gasteiger partial charge in [0.2, 0.25) is 5.91 Å². The van der Waals surface area contributed by atoms with Crippen molar-refractivity contribution in [3.63, 3.8) is 0 Å². The summed E-state index contributed by atoms with van der Waals surface area (Å²) in [4.78, 5) is 25.3. The molecule has 0 saturated carbocycles. The summed E-state index contributed by atoms with van der Waals surface area (Å²) >= 11 is 2.00. The van der Waals surface area contributed by atoms with Crippen LogP contribution in [0.3, 0.4) is 0 Å². The number of carbonyl (C=O) groups is 1. The van der Waals surface area contributed by atoms with Crippen LogP contribution in [-0.2, 0) is 4.79 Å². The smallest absolute Gasteiger partial charge is 0.222 e. The first-order valence-electron chi connectivity index (χ1n) is 9.31. The lowest BCUT2D eigenvalue weighted by molar-refractivity contribution is -0.132. The molecule has 0 radical (unpaired) electrons. The van der Waals surface area contributed by atoms with Crippen LogP contribution in [0.5, 0.6) is 0 Å². The summed E-state index contributed by atoms with van der Waals surface area (Å²) in [5, 5.41) is 3.54. The number of thioether (sulfide) groups is 1. The molecule has 138 valence electrons. The number of nitrogens with zero attached hydrogens (tertiary/aromatic N) is 4. The zero-order valence-corrected chi connectivity index (χ0v) is 16.1. The molecular formula is C18H29N5OS. The van der Waals surface area contributed by atoms with Crippen LogP contribution in [0.25, 0.3) is 0 Å². The lowest BCUT2D eigenvalue weighted by atomic mass is 10.0. The van der Waals surface area contributed by atoms with E-state index in [2.05, 4.69) is 40.1 Å². The Bertz CT molecular complexity index is 568. The van der Waals surface area contributed by atoms with E-state index in [0.29, 0.717) is 24.3 Å². The molecule has 1 aromatic heterocycles. The highest BCUT2D eigenvalue weighted by Gasteiger charge is 2.23. The van der Waals surface area contributed by atoms with Crippen molar-refractivity contribution >= 4 is 29.3 Å². The van der Waals surface area contributed by atoms with Crippen molar-refractivity contribution in [1.29, 1.82) is 0 Å². The predicted molar refractivity (Wildman–Crippen MR) is 104 cm³/mol. The molecule has 2 aliphatic heterocycles. The van der Waals surface area contributed by atoms with Gasteiger partial charge in [0.25, 0.3) is 0 Å². The van der Waals surface area contributed by atoms with E-state index in [-0.39, 0.29) is 0 Å². The molecule has 0 spiro atoms. The van der Waals surface area contributed by atoms with Crippen LogP contribution in [0.1, 0.15) is 33.1 Å². The van der Waals surface area contributed by atoms with E-state index >= 15 is 0 Å². The summed E-state index contributed by atoms with van der Waals surface area (Å²) in [6.45, 7) is 7.98. The molecule has 0 bridgehead atoms. The second kappa shape index (κ2) is 8.74. The van der Waals surface area contributed by atoms with Gasteiger partial charge in [-0.1, -0.05) is 13.8 Å². The largest absolute Gasteiger partial charge is 0.367 e. The van der Waals surface area contributed by atoms with Crippen LogP contribution in [0.2, 0.25) is 0 Å². The van der Waals surface area contributed by atoms with Crippen molar-refractivity contribution in [2.24, 2.45) is 5.92 Å². The SMILES string of the molecule is CC(C)CC(=O)N1CCC(Nc2cc(N3CCSCC3)ncn2)CC1. The molecule has 3 heterocycles. The molecule has 6 nitrogen and oxygen atoms in total. The summed E-state index contributed by atoms with van der Waals surface area (Å²) in [5.74, 6) is 4.96. The number of hydrogen-bond donors (Lipinski definition) is 1. The average Bonchev–Trinajstić information content (AvgIpc) is 2.63. The molecule has 0 atom stereocenters. The fourth-order valence-electron chi connectivity index (χ4n) is 3.35. The van der Waals surface area contributed by atoms with Gasteiger partial charge in [-0.25, -0.2) is 9.97 Å². The fraction of sp³-hybridized carbons (Fsp3) is 0.722. The molecule has 0 aromatic carbocycles. The van der Waals surface area contributed by atoms with Crippen LogP contribution in [0, 0.1) is 5.92 Å². The van der Waals surface area contributed by atoms with Crippen molar-refractivity contribution in [3.8, 4) is 0 Å². The third kappa shape index (κ3) is 5.23. The molecule has 3 rings (SSSR count). The van der Waals surface area contributed by atoms with Gasteiger partial charge in [-0.15, -0.1) is 0 Å². The predicted octanol–water partition coefficient (Wildman–Crippen LogP) is 2.48. The number of anilines is 2. The summed E-state index contributed by atoms with van der Waals surface area (Å²) in [5.41, 5.74) is 0. The van der Waals surface area contributed by atoms with Crippen LogP contribution in [-0.4, -0.2) is 64.5 Å². The number of likely N-dealkylation sites (tertiary alicyclic amines) is 1. The number of rotatable bonds is 5. The quantitative estimate of drug-likeness (QED) is 0.867. The number of nitrogens with one attached hydrogen (secondary N) is 1. The van der Waals surface area contributed by atoms with Crippen LogP contribution in [0.4, 0.5) is 11.6 Å². The van der Waals surface area contributed by atoms with Crippen molar-refractivity contribution < 1.29 is 4.79 Å². The van der Waals surface area contributed by atoms with Crippen molar-refractivity contribution in [1.82, 2.24) is 14.9 Å². The topological polar surface area (TPSA) is 61.4 Å². The number of aromatic nitrogens is 2. The van der Waals surface area contributed by atoms with Crippen molar-refractivity contribution in [2.45, 2.75) is 39.2 Å². The molecule has 2 fully saturated rings. The summed E-state index contributed by atoms with van der Waals surface area (Å²) < 4.78 is 0. The third-order valence-electron chi connectivity index (χ3n) is 4.77. The number of piperidine rings is 1. The second-order valence-corrected chi connectivity index (χ2v) is 8.48. The Morgan fingerprint density at radius 3 is 2.64 bits per heavy atom. The first-order valence-corrected chi connectivity index (χ1v) is 10.5. The van der Waals surface area contributed by atoms with E-state index in [1.165, 1.54) is 0 Å². The molecule has 25 heavy (non-hydrogen) atoms. The minimum Gasteiger partial charge on any atom is -0.367 e. The van der Waals surface area contributed by atoms with E-state index < -0.39 is 0 Å². The monoisotopic (exact) mass is 363 g/mol. The minimum atomic E-state index is 0.292. The van der Waals surface area contributed by atoms with Gasteiger partial charge < -0.3 is 15.1 Å². The highest BCUT2D eigenvalue weighted by molar-refractivity contribution is 7.99. The van der Waals surface area contributed by atoms with E-state index in [4.69, 9.17) is 0 Å². The van der Waals surface area contributed by atoms with Gasteiger partial charge in [-0.3, -0.25) is 4.79 Å². The third-order valence-corrected chi connectivity index (χ3v) is 5.71. The van der Waals surface area contributed by atoms with E-state index in [9.17, 15) is 4.79 Å². The zero-order valence-electron chi connectivity index (χ0n) is 15.3. The van der Waals surface area contributed by atoms with Crippen LogP contribution >= 0.6 is 11.8 Å². The number of amides is 1. The summed E-state index contributed by atoms with van der Waals surface area (Å²) in [6.07, 6.45) is 4.26. The van der Waals surface area contributed by atoms with Crippen LogP contribution < -0.4 is 10.2 Å². The Labute approximate surface area is 154 Å². The van der Waals surface area contributed by atoms with E-state index in [1.807, 2.05) is 16.7 Å². The van der Waals surface area contributed by atoms with E-state index in [1.54, 1.807) is 6.33 Å². The normalized spacial score (nSPS) is 19.3. The highest BCUT2D eigenvalue weighted by atomic mass is 32.2. The highest BCUT2D eigenvalue weighted by Crippen LogP contribution is 2.21. The van der Waals surface area contributed by atoms with Gasteiger partial charge in [0.15, 0.2) is 0 Å². The number of hydrogen-bond acceptors (Lipinski definition) is 6. The lowest BCUT2D eigenvalue weighted by Crippen LogP contribution is -2.42. The molecule has 7 heteroatoms. The minimum absolute atomic E-state index is 0.292. The lowest BCUT2D eigenvalue weighted by Gasteiger charge is -2.33. The average molecular weight is 364 g/mol. The van der Waals surface area contributed by atoms with Gasteiger partial charge in [0, 0.05) is 56.2 Å². The first kappa shape index (κ1) is 18.3. The second-order valence-electron chi connectivity index (χ2n) is 7.26. The first-order chi connectivity index (χ1) is 12.1. The standard InChI is InChI=1S/C18H29N5OS/c1-14(2)11-18(24)23-5-3-15(4-6-23)21-16-12-17(20-13-19-16)22-7-9-25-10-8-22/h12-15H,3-11H2,1-2H3,(H,19,20,21). The molecule has 2 aliphatic rings. The maximum atomic E-state index is 12.2. The van der Waals surface area contributed by atoms with E-state index in [0.717, 1.165) is 62.2 Å². The van der Waals surface area contributed by atoms with Gasteiger partial charge in [0.1, 0.15) is 18.0 Å². The Morgan fingerprint density at radius 1 is 1.24 bits per heavy atom. The Kier molecular flexibility index (Phi) is 6.39. The Hall–Kier alpha value is -1.50. The van der Waals surface area contributed by atoms with Gasteiger partial charge in [-0.2, -0.15) is 11.8 Å². The zero-order chi connectivity index (χ0) is 17.6. The maximum absolute atomic E-state index is 12.2. The van der Waals surface area contributed by atoms with Crippen molar-refractivity contribution in [2.75, 3.05) is 47.9 Å². The number of carbonyl (C=O) groups excluding carboxylic acids is 1. The summed E-state index contributed by atoms with van der Waals surface area (Å²) in [6, 6.07) is 2.44. The van der Waals surface area contributed by atoms with Gasteiger partial charge in [0.05, 0.1) is 0 Å². The van der Waals surface area contributed by atoms with Gasteiger partial charge in [-0.05, 0) is 18.8 Å². The Balaban J connectivity index is 1.51. The molecule has 1 aromatic rings. The van der Waals surface area contributed by atoms with Crippen LogP contribution in [0.15, 0.2) is 12.4 Å². The Morgan fingerprint density at radius 2 is 1.96 bits per heavy atom. The molecule has 1 amide bonds. The fourth-order valence-corrected chi connectivity index (χ4v) is 4.26. The molecule has 1 N–H and O–H groups in total. The maximum Gasteiger partial charge on any atom is 0.222 e. The van der Waals surface area contributed by atoms with Gasteiger partial charge >= 0.3 is 0 Å². The molecule has 0 aliphatic carbocycles.